The zero-order chi connectivity index (χ0) is 13.1. The Balaban J connectivity index is 1.90. The predicted octanol–water partition coefficient (Wildman–Crippen LogP) is 3.30. The lowest BCUT2D eigenvalue weighted by Crippen LogP contribution is -2.03. The van der Waals surface area contributed by atoms with Gasteiger partial charge in [-0.15, -0.1) is 0 Å². The lowest BCUT2D eigenvalue weighted by Gasteiger charge is -2.04. The van der Waals surface area contributed by atoms with Crippen molar-refractivity contribution < 1.29 is 0 Å². The molecule has 0 unspecified atom stereocenters. The van der Waals surface area contributed by atoms with Gasteiger partial charge in [0, 0.05) is 23.7 Å². The van der Waals surface area contributed by atoms with E-state index in [4.69, 9.17) is 0 Å². The molecule has 3 nitrogen and oxygen atoms in total. The standard InChI is InChI=1S/C16H15N3/c1-13-11-16(15-7-9-17-10-8-15)18-19(13)12-14-5-3-2-4-6-14/h2-11H,12H2,1H3. The van der Waals surface area contributed by atoms with Gasteiger partial charge < -0.3 is 0 Å². The summed E-state index contributed by atoms with van der Waals surface area (Å²) in [4.78, 5) is 4.03. The van der Waals surface area contributed by atoms with E-state index >= 15 is 0 Å². The molecule has 3 aromatic rings. The summed E-state index contributed by atoms with van der Waals surface area (Å²) in [5.74, 6) is 0. The number of hydrogen-bond donors (Lipinski definition) is 0. The van der Waals surface area contributed by atoms with E-state index in [2.05, 4.69) is 47.3 Å². The molecule has 0 N–H and O–H groups in total. The molecule has 0 aliphatic heterocycles. The maximum Gasteiger partial charge on any atom is 0.0927 e. The molecule has 2 aromatic heterocycles. The Hall–Kier alpha value is -2.42. The molecular weight excluding hydrogens is 234 g/mol. The molecule has 0 saturated heterocycles. The Labute approximate surface area is 112 Å². The van der Waals surface area contributed by atoms with Crippen molar-refractivity contribution in [2.75, 3.05) is 0 Å². The number of benzene rings is 1. The Kier molecular flexibility index (Phi) is 3.11. The minimum Gasteiger partial charge on any atom is -0.265 e. The zero-order valence-electron chi connectivity index (χ0n) is 10.8. The first-order valence-corrected chi connectivity index (χ1v) is 6.32. The van der Waals surface area contributed by atoms with Crippen molar-refractivity contribution in [2.24, 2.45) is 0 Å². The third kappa shape index (κ3) is 2.55. The molecule has 0 aliphatic rings. The van der Waals surface area contributed by atoms with Crippen LogP contribution in [0.3, 0.4) is 0 Å². The van der Waals surface area contributed by atoms with Crippen molar-refractivity contribution in [2.45, 2.75) is 13.5 Å². The molecule has 1 aromatic carbocycles. The van der Waals surface area contributed by atoms with Crippen LogP contribution in [-0.4, -0.2) is 14.8 Å². The number of aromatic nitrogens is 3. The predicted molar refractivity (Wildman–Crippen MR) is 75.7 cm³/mol. The van der Waals surface area contributed by atoms with Crippen LogP contribution in [-0.2, 0) is 6.54 Å². The van der Waals surface area contributed by atoms with Crippen molar-refractivity contribution >= 4 is 0 Å². The Morgan fingerprint density at radius 1 is 1.00 bits per heavy atom. The molecule has 0 fully saturated rings. The van der Waals surface area contributed by atoms with Gasteiger partial charge in [-0.25, -0.2) is 0 Å². The topological polar surface area (TPSA) is 30.7 Å². The highest BCUT2D eigenvalue weighted by Gasteiger charge is 2.06. The lowest BCUT2D eigenvalue weighted by atomic mass is 10.2. The van der Waals surface area contributed by atoms with E-state index in [-0.39, 0.29) is 0 Å². The van der Waals surface area contributed by atoms with Crippen molar-refractivity contribution in [3.05, 3.63) is 72.2 Å². The summed E-state index contributed by atoms with van der Waals surface area (Å²) in [6.07, 6.45) is 3.59. The van der Waals surface area contributed by atoms with E-state index in [1.54, 1.807) is 12.4 Å². The quantitative estimate of drug-likeness (QED) is 0.713. The van der Waals surface area contributed by atoms with E-state index < -0.39 is 0 Å². The Bertz CT molecular complexity index is 657. The molecule has 0 spiro atoms. The van der Waals surface area contributed by atoms with Crippen LogP contribution >= 0.6 is 0 Å². The normalized spacial score (nSPS) is 10.6. The van der Waals surface area contributed by atoms with Crippen LogP contribution in [0.25, 0.3) is 11.3 Å². The molecule has 2 heterocycles. The van der Waals surface area contributed by atoms with Crippen molar-refractivity contribution in [1.82, 2.24) is 14.8 Å². The number of nitrogens with zero attached hydrogens (tertiary/aromatic N) is 3. The van der Waals surface area contributed by atoms with Crippen molar-refractivity contribution in [3.63, 3.8) is 0 Å². The van der Waals surface area contributed by atoms with E-state index in [0.717, 1.165) is 23.5 Å². The minimum absolute atomic E-state index is 0.803. The van der Waals surface area contributed by atoms with E-state index in [0.29, 0.717) is 0 Å². The highest BCUT2D eigenvalue weighted by Crippen LogP contribution is 2.18. The smallest absolute Gasteiger partial charge is 0.0927 e. The average molecular weight is 249 g/mol. The van der Waals surface area contributed by atoms with E-state index in [9.17, 15) is 0 Å². The molecule has 19 heavy (non-hydrogen) atoms. The molecule has 0 amide bonds. The van der Waals surface area contributed by atoms with Crippen LogP contribution in [0, 0.1) is 6.92 Å². The highest BCUT2D eigenvalue weighted by atomic mass is 15.3. The van der Waals surface area contributed by atoms with Gasteiger partial charge in [0.05, 0.1) is 12.2 Å². The van der Waals surface area contributed by atoms with Gasteiger partial charge in [0.15, 0.2) is 0 Å². The van der Waals surface area contributed by atoms with Crippen molar-refractivity contribution in [3.8, 4) is 11.3 Å². The van der Waals surface area contributed by atoms with Crippen molar-refractivity contribution in [1.29, 1.82) is 0 Å². The fourth-order valence-electron chi connectivity index (χ4n) is 2.09. The average Bonchev–Trinajstić information content (AvgIpc) is 2.82. The number of rotatable bonds is 3. The Morgan fingerprint density at radius 3 is 2.47 bits per heavy atom. The first-order valence-electron chi connectivity index (χ1n) is 6.32. The summed E-state index contributed by atoms with van der Waals surface area (Å²) in [6, 6.07) is 16.4. The molecule has 0 atom stereocenters. The second kappa shape index (κ2) is 5.06. The summed E-state index contributed by atoms with van der Waals surface area (Å²) in [5.41, 5.74) is 4.52. The molecule has 0 bridgehead atoms. The van der Waals surface area contributed by atoms with Gasteiger partial charge in [-0.2, -0.15) is 5.10 Å². The first-order chi connectivity index (χ1) is 9.33. The van der Waals surface area contributed by atoms with Gasteiger partial charge in [-0.1, -0.05) is 30.3 Å². The third-order valence-electron chi connectivity index (χ3n) is 3.13. The van der Waals surface area contributed by atoms with Crippen LogP contribution in [0.15, 0.2) is 60.9 Å². The van der Waals surface area contributed by atoms with E-state index in [1.165, 1.54) is 5.56 Å². The summed E-state index contributed by atoms with van der Waals surface area (Å²) < 4.78 is 2.03. The van der Waals surface area contributed by atoms with Gasteiger partial charge in [0.2, 0.25) is 0 Å². The van der Waals surface area contributed by atoms with Gasteiger partial charge in [-0.3, -0.25) is 9.67 Å². The SMILES string of the molecule is Cc1cc(-c2ccncc2)nn1Cc1ccccc1. The molecule has 3 rings (SSSR count). The molecule has 94 valence electrons. The molecule has 0 radical (unpaired) electrons. The summed E-state index contributed by atoms with van der Waals surface area (Å²) in [6.45, 7) is 2.89. The minimum atomic E-state index is 0.803. The monoisotopic (exact) mass is 249 g/mol. The van der Waals surface area contributed by atoms with Gasteiger partial charge in [-0.05, 0) is 30.7 Å². The fraction of sp³-hybridized carbons (Fsp3) is 0.125. The summed E-state index contributed by atoms with van der Waals surface area (Å²) >= 11 is 0. The van der Waals surface area contributed by atoms with Crippen LogP contribution in [0.1, 0.15) is 11.3 Å². The van der Waals surface area contributed by atoms with Crippen LogP contribution < -0.4 is 0 Å². The third-order valence-corrected chi connectivity index (χ3v) is 3.13. The van der Waals surface area contributed by atoms with Gasteiger partial charge in [0.1, 0.15) is 0 Å². The molecule has 0 aliphatic carbocycles. The van der Waals surface area contributed by atoms with Crippen LogP contribution in [0.5, 0.6) is 0 Å². The number of aryl methyl sites for hydroxylation is 1. The number of pyridine rings is 1. The molecular formula is C16H15N3. The summed E-state index contributed by atoms with van der Waals surface area (Å²) in [7, 11) is 0. The second-order valence-corrected chi connectivity index (χ2v) is 4.55. The first kappa shape index (κ1) is 11.7. The number of hydrogen-bond acceptors (Lipinski definition) is 2. The summed E-state index contributed by atoms with van der Waals surface area (Å²) in [5, 5.41) is 4.66. The van der Waals surface area contributed by atoms with Gasteiger partial charge in [0.25, 0.3) is 0 Å². The molecule has 3 heteroatoms. The zero-order valence-corrected chi connectivity index (χ0v) is 10.8. The van der Waals surface area contributed by atoms with Gasteiger partial charge >= 0.3 is 0 Å². The maximum absolute atomic E-state index is 4.66. The Morgan fingerprint density at radius 2 is 1.74 bits per heavy atom. The largest absolute Gasteiger partial charge is 0.265 e. The maximum atomic E-state index is 4.66. The van der Waals surface area contributed by atoms with E-state index in [1.807, 2.05) is 22.9 Å². The fourth-order valence-corrected chi connectivity index (χ4v) is 2.09. The van der Waals surface area contributed by atoms with Crippen LogP contribution in [0.2, 0.25) is 0 Å². The lowest BCUT2D eigenvalue weighted by molar-refractivity contribution is 0.667. The highest BCUT2D eigenvalue weighted by molar-refractivity contribution is 5.58. The van der Waals surface area contributed by atoms with Crippen LogP contribution in [0.4, 0.5) is 0 Å². The molecule has 0 saturated carbocycles. The second-order valence-electron chi connectivity index (χ2n) is 4.55.